The second-order valence-electron chi connectivity index (χ2n) is 4.15. The van der Waals surface area contributed by atoms with Gasteiger partial charge in [-0.2, -0.15) is 39.5 Å². The van der Waals surface area contributed by atoms with Crippen molar-refractivity contribution < 1.29 is 44.6 Å². The zero-order valence-electron chi connectivity index (χ0n) is 10.1. The molecule has 0 saturated heterocycles. The normalized spacial score (nSPS) is 15.2. The number of hydrogen-bond acceptors (Lipinski definition) is 1. The molecule has 0 saturated carbocycles. The summed E-state index contributed by atoms with van der Waals surface area (Å²) in [5.41, 5.74) is -7.97. The molecule has 0 fully saturated rings. The van der Waals surface area contributed by atoms with Gasteiger partial charge in [-0.1, -0.05) is 0 Å². The lowest BCUT2D eigenvalue weighted by atomic mass is 9.94. The van der Waals surface area contributed by atoms with Crippen molar-refractivity contribution in [3.8, 4) is 0 Å². The van der Waals surface area contributed by atoms with Crippen LogP contribution in [0.5, 0.6) is 0 Å². The predicted molar refractivity (Wildman–Crippen MR) is 52.1 cm³/mol. The number of alkyl halides is 9. The summed E-state index contributed by atoms with van der Waals surface area (Å²) in [4.78, 5) is 0. The highest BCUT2D eigenvalue weighted by Crippen LogP contribution is 2.45. The number of hydrogen-bond donors (Lipinski definition) is 1. The van der Waals surface area contributed by atoms with Crippen molar-refractivity contribution in [3.05, 3.63) is 34.4 Å². The summed E-state index contributed by atoms with van der Waals surface area (Å²) < 4.78 is 113. The molecule has 21 heavy (non-hydrogen) atoms. The van der Waals surface area contributed by atoms with Crippen LogP contribution in [0.15, 0.2) is 12.1 Å². The van der Waals surface area contributed by atoms with E-state index in [4.69, 9.17) is 5.11 Å². The van der Waals surface area contributed by atoms with Gasteiger partial charge in [-0.25, -0.2) is 0 Å². The third kappa shape index (κ3) is 3.80. The Morgan fingerprint density at radius 1 is 0.714 bits per heavy atom. The highest BCUT2D eigenvalue weighted by atomic mass is 19.4. The average Bonchev–Trinajstić information content (AvgIpc) is 2.23. The van der Waals surface area contributed by atoms with E-state index >= 15 is 0 Å². The highest BCUT2D eigenvalue weighted by Gasteiger charge is 2.46. The summed E-state index contributed by atoms with van der Waals surface area (Å²) in [7, 11) is 0. The van der Waals surface area contributed by atoms with E-state index in [0.717, 1.165) is 6.92 Å². The molecule has 0 aliphatic rings. The zero-order chi connectivity index (χ0) is 16.8. The maximum atomic E-state index is 12.6. The molecule has 1 atom stereocenters. The summed E-state index contributed by atoms with van der Waals surface area (Å²) in [6, 6.07) is -0.957. The molecule has 1 unspecified atom stereocenters. The lowest BCUT2D eigenvalue weighted by molar-refractivity contribution is -0.163. The van der Waals surface area contributed by atoms with Gasteiger partial charge in [-0.3, -0.25) is 0 Å². The highest BCUT2D eigenvalue weighted by molar-refractivity contribution is 5.43. The van der Waals surface area contributed by atoms with E-state index in [1.165, 1.54) is 0 Å². The van der Waals surface area contributed by atoms with Crippen LogP contribution in [0.3, 0.4) is 0 Å². The van der Waals surface area contributed by atoms with Crippen LogP contribution in [0.2, 0.25) is 0 Å². The van der Waals surface area contributed by atoms with E-state index in [1.54, 1.807) is 0 Å². The first-order chi connectivity index (χ1) is 9.15. The van der Waals surface area contributed by atoms with Crippen molar-refractivity contribution in [3.63, 3.8) is 0 Å². The van der Waals surface area contributed by atoms with E-state index in [9.17, 15) is 39.5 Å². The van der Waals surface area contributed by atoms with Crippen LogP contribution >= 0.6 is 0 Å². The second kappa shape index (κ2) is 5.08. The maximum absolute atomic E-state index is 12.6. The monoisotopic (exact) mass is 326 g/mol. The molecule has 120 valence electrons. The molecule has 1 N–H and O–H groups in total. The fraction of sp³-hybridized carbons (Fsp3) is 0.455. The number of aliphatic hydroxyl groups is 1. The van der Waals surface area contributed by atoms with Crippen molar-refractivity contribution in [1.29, 1.82) is 0 Å². The van der Waals surface area contributed by atoms with Crippen LogP contribution in [-0.2, 0) is 18.5 Å². The maximum Gasteiger partial charge on any atom is 0.417 e. The first-order valence-electron chi connectivity index (χ1n) is 5.23. The summed E-state index contributed by atoms with van der Waals surface area (Å²) in [6.45, 7) is 0.720. The molecule has 0 spiro atoms. The first kappa shape index (κ1) is 17.6. The van der Waals surface area contributed by atoms with Gasteiger partial charge in [-0.15, -0.1) is 0 Å². The van der Waals surface area contributed by atoms with Crippen LogP contribution in [-0.4, -0.2) is 5.11 Å². The summed E-state index contributed by atoms with van der Waals surface area (Å²) in [6.07, 6.45) is -18.5. The van der Waals surface area contributed by atoms with Gasteiger partial charge in [0.05, 0.1) is 22.8 Å². The molecule has 0 amide bonds. The molecule has 0 radical (unpaired) electrons. The second-order valence-corrected chi connectivity index (χ2v) is 4.15. The zero-order valence-corrected chi connectivity index (χ0v) is 10.1. The molecule has 1 aromatic carbocycles. The Kier molecular flexibility index (Phi) is 4.25. The lowest BCUT2D eigenvalue weighted by Crippen LogP contribution is -2.21. The van der Waals surface area contributed by atoms with E-state index < -0.39 is 53.0 Å². The fourth-order valence-corrected chi connectivity index (χ4v) is 1.68. The van der Waals surface area contributed by atoms with Crippen molar-refractivity contribution >= 4 is 0 Å². The largest absolute Gasteiger partial charge is 0.417 e. The van der Waals surface area contributed by atoms with Gasteiger partial charge in [0.1, 0.15) is 0 Å². The summed E-state index contributed by atoms with van der Waals surface area (Å²) >= 11 is 0. The lowest BCUT2D eigenvalue weighted by Gasteiger charge is -2.22. The summed E-state index contributed by atoms with van der Waals surface area (Å²) in [5.74, 6) is 0. The topological polar surface area (TPSA) is 20.2 Å². The predicted octanol–water partition coefficient (Wildman–Crippen LogP) is 4.80. The Morgan fingerprint density at radius 2 is 1.05 bits per heavy atom. The van der Waals surface area contributed by atoms with Crippen molar-refractivity contribution in [1.82, 2.24) is 0 Å². The minimum Gasteiger partial charge on any atom is -0.389 e. The molecular weight excluding hydrogens is 319 g/mol. The van der Waals surface area contributed by atoms with E-state index in [-0.39, 0.29) is 6.07 Å². The van der Waals surface area contributed by atoms with Crippen LogP contribution in [0.25, 0.3) is 0 Å². The Morgan fingerprint density at radius 3 is 1.33 bits per heavy atom. The van der Waals surface area contributed by atoms with Gasteiger partial charge in [0.15, 0.2) is 0 Å². The number of benzene rings is 1. The van der Waals surface area contributed by atoms with E-state index in [0.29, 0.717) is 0 Å². The molecule has 0 aliphatic carbocycles. The van der Waals surface area contributed by atoms with Crippen LogP contribution in [0.1, 0.15) is 35.3 Å². The molecule has 1 rings (SSSR count). The summed E-state index contributed by atoms with van der Waals surface area (Å²) in [5, 5.41) is 9.10. The van der Waals surface area contributed by atoms with Gasteiger partial charge in [0, 0.05) is 0 Å². The Bertz CT molecular complexity index is 522. The minimum atomic E-state index is -5.62. The number of aliphatic hydroxyl groups excluding tert-OH is 1. The number of halogens is 9. The standard InChI is InChI=1S/C11H7F9O/c1-4(21)5-2-7(10(15,16)17)8(11(18,19)20)3-6(5)9(12,13)14/h2-4,21H,1H3. The van der Waals surface area contributed by atoms with Gasteiger partial charge in [-0.05, 0) is 24.6 Å². The molecule has 1 nitrogen and oxygen atoms in total. The fourth-order valence-electron chi connectivity index (χ4n) is 1.68. The molecule has 0 bridgehead atoms. The average molecular weight is 326 g/mol. The SMILES string of the molecule is CC(O)c1cc(C(F)(F)F)c(C(F)(F)F)cc1C(F)(F)F. The first-order valence-corrected chi connectivity index (χ1v) is 5.23. The Labute approximate surface area is 112 Å². The van der Waals surface area contributed by atoms with Crippen molar-refractivity contribution in [2.75, 3.05) is 0 Å². The molecule has 0 aromatic heterocycles. The Balaban J connectivity index is 3.80. The minimum absolute atomic E-state index is 0.323. The molecule has 0 aliphatic heterocycles. The molecular formula is C11H7F9O. The van der Waals surface area contributed by atoms with Gasteiger partial charge in [0.25, 0.3) is 0 Å². The molecule has 1 aromatic rings. The van der Waals surface area contributed by atoms with E-state index in [1.807, 2.05) is 0 Å². The molecule has 10 heteroatoms. The number of rotatable bonds is 1. The molecule has 0 heterocycles. The van der Waals surface area contributed by atoms with E-state index in [2.05, 4.69) is 0 Å². The van der Waals surface area contributed by atoms with Gasteiger partial charge in [0.2, 0.25) is 0 Å². The van der Waals surface area contributed by atoms with Crippen LogP contribution < -0.4 is 0 Å². The van der Waals surface area contributed by atoms with Crippen LogP contribution in [0, 0.1) is 0 Å². The van der Waals surface area contributed by atoms with Crippen LogP contribution in [0.4, 0.5) is 39.5 Å². The van der Waals surface area contributed by atoms with Gasteiger partial charge >= 0.3 is 18.5 Å². The third-order valence-electron chi connectivity index (χ3n) is 2.56. The quantitative estimate of drug-likeness (QED) is 0.735. The Hall–Kier alpha value is -1.45. The van der Waals surface area contributed by atoms with Gasteiger partial charge < -0.3 is 5.11 Å². The van der Waals surface area contributed by atoms with Crippen molar-refractivity contribution in [2.45, 2.75) is 31.6 Å². The third-order valence-corrected chi connectivity index (χ3v) is 2.56. The smallest absolute Gasteiger partial charge is 0.389 e. The van der Waals surface area contributed by atoms with Crippen molar-refractivity contribution in [2.24, 2.45) is 0 Å².